The molecule has 1 aromatic heterocycles. The molecule has 1 aromatic carbocycles. The number of alkyl halides is 3. The predicted octanol–water partition coefficient (Wildman–Crippen LogP) is 3.35. The molecule has 0 aliphatic heterocycles. The summed E-state index contributed by atoms with van der Waals surface area (Å²) >= 11 is 0. The highest BCUT2D eigenvalue weighted by molar-refractivity contribution is 5.94. The lowest BCUT2D eigenvalue weighted by atomic mass is 9.90. The first-order valence-corrected chi connectivity index (χ1v) is 6.22. The van der Waals surface area contributed by atoms with Crippen LogP contribution in [0.25, 0.3) is 0 Å². The van der Waals surface area contributed by atoms with Crippen molar-refractivity contribution in [3.63, 3.8) is 0 Å². The van der Waals surface area contributed by atoms with Crippen LogP contribution < -0.4 is 5.73 Å². The van der Waals surface area contributed by atoms with Crippen molar-refractivity contribution in [2.75, 3.05) is 0 Å². The molecule has 3 nitrogen and oxygen atoms in total. The van der Waals surface area contributed by atoms with E-state index in [1.807, 2.05) is 0 Å². The van der Waals surface area contributed by atoms with E-state index in [1.165, 1.54) is 12.3 Å². The molecule has 0 saturated heterocycles. The minimum atomic E-state index is -4.47. The molecule has 1 unspecified atom stereocenters. The van der Waals surface area contributed by atoms with E-state index in [1.54, 1.807) is 31.2 Å². The highest BCUT2D eigenvalue weighted by Crippen LogP contribution is 2.30. The molecule has 0 bridgehead atoms. The number of nitrogens with zero attached hydrogens (tertiary/aromatic N) is 1. The van der Waals surface area contributed by atoms with Gasteiger partial charge in [-0.2, -0.15) is 13.2 Å². The summed E-state index contributed by atoms with van der Waals surface area (Å²) in [6.07, 6.45) is -3.29. The molecule has 0 spiro atoms. The highest BCUT2D eigenvalue weighted by atomic mass is 19.4. The maximum Gasteiger partial charge on any atom is 0.433 e. The van der Waals surface area contributed by atoms with Crippen LogP contribution in [0.15, 0.2) is 42.6 Å². The van der Waals surface area contributed by atoms with Crippen LogP contribution in [0.3, 0.4) is 0 Å². The summed E-state index contributed by atoms with van der Waals surface area (Å²) in [5.74, 6) is -0.860. The van der Waals surface area contributed by atoms with Crippen molar-refractivity contribution < 1.29 is 18.0 Å². The molecule has 0 radical (unpaired) electrons. The van der Waals surface area contributed by atoms with E-state index in [4.69, 9.17) is 5.73 Å². The SMILES string of the molecule is CC(c1ccc(C(F)(F)F)nc1)c1ccccc1C(N)=O. The number of amides is 1. The Morgan fingerprint density at radius 1 is 1.19 bits per heavy atom. The molecule has 0 saturated carbocycles. The monoisotopic (exact) mass is 294 g/mol. The second kappa shape index (κ2) is 5.55. The van der Waals surface area contributed by atoms with Gasteiger partial charge in [0.2, 0.25) is 5.91 Å². The molecule has 6 heteroatoms. The topological polar surface area (TPSA) is 56.0 Å². The number of pyridine rings is 1. The fourth-order valence-electron chi connectivity index (χ4n) is 2.11. The molecule has 2 aromatic rings. The van der Waals surface area contributed by atoms with Gasteiger partial charge < -0.3 is 5.73 Å². The average molecular weight is 294 g/mol. The number of carbonyl (C=O) groups is 1. The summed E-state index contributed by atoms with van der Waals surface area (Å²) in [7, 11) is 0. The predicted molar refractivity (Wildman–Crippen MR) is 71.7 cm³/mol. The Balaban J connectivity index is 2.37. The zero-order valence-electron chi connectivity index (χ0n) is 11.2. The van der Waals surface area contributed by atoms with Crippen molar-refractivity contribution in [2.45, 2.75) is 19.0 Å². The van der Waals surface area contributed by atoms with E-state index < -0.39 is 17.8 Å². The average Bonchev–Trinajstić information content (AvgIpc) is 2.45. The number of benzene rings is 1. The lowest BCUT2D eigenvalue weighted by molar-refractivity contribution is -0.141. The third kappa shape index (κ3) is 3.21. The second-order valence-corrected chi connectivity index (χ2v) is 4.65. The first-order valence-electron chi connectivity index (χ1n) is 6.22. The number of halogens is 3. The molecule has 0 aliphatic rings. The number of hydrogen-bond donors (Lipinski definition) is 1. The largest absolute Gasteiger partial charge is 0.433 e. The van der Waals surface area contributed by atoms with E-state index in [2.05, 4.69) is 4.98 Å². The molecular formula is C15H13F3N2O. The minimum Gasteiger partial charge on any atom is -0.366 e. The third-order valence-corrected chi connectivity index (χ3v) is 3.27. The Kier molecular flexibility index (Phi) is 3.97. The molecule has 0 aliphatic carbocycles. The third-order valence-electron chi connectivity index (χ3n) is 3.27. The number of carbonyl (C=O) groups excluding carboxylic acids is 1. The van der Waals surface area contributed by atoms with E-state index >= 15 is 0 Å². The second-order valence-electron chi connectivity index (χ2n) is 4.65. The Morgan fingerprint density at radius 3 is 2.38 bits per heavy atom. The van der Waals surface area contributed by atoms with Gasteiger partial charge in [-0.1, -0.05) is 31.2 Å². The van der Waals surface area contributed by atoms with Gasteiger partial charge in [-0.05, 0) is 23.3 Å². The molecule has 1 heterocycles. The van der Waals surface area contributed by atoms with E-state index in [0.29, 0.717) is 16.7 Å². The van der Waals surface area contributed by atoms with Gasteiger partial charge in [0.25, 0.3) is 0 Å². The normalized spacial score (nSPS) is 13.0. The zero-order valence-corrected chi connectivity index (χ0v) is 11.2. The quantitative estimate of drug-likeness (QED) is 0.943. The molecule has 1 amide bonds. The van der Waals surface area contributed by atoms with Crippen molar-refractivity contribution >= 4 is 5.91 Å². The molecular weight excluding hydrogens is 281 g/mol. The molecule has 2 rings (SSSR count). The molecule has 0 fully saturated rings. The summed E-state index contributed by atoms with van der Waals surface area (Å²) in [5, 5.41) is 0. The standard InChI is InChI=1S/C15H13F3N2O/c1-9(11-4-2-3-5-12(11)14(19)21)10-6-7-13(20-8-10)15(16,17)18/h2-9H,1H3,(H2,19,21). The summed E-state index contributed by atoms with van der Waals surface area (Å²) in [6.45, 7) is 1.78. The first kappa shape index (κ1) is 15.0. The highest BCUT2D eigenvalue weighted by Gasteiger charge is 2.32. The summed E-state index contributed by atoms with van der Waals surface area (Å²) < 4.78 is 37.5. The van der Waals surface area contributed by atoms with Gasteiger partial charge in [-0.15, -0.1) is 0 Å². The molecule has 1 atom stereocenters. The van der Waals surface area contributed by atoms with Crippen LogP contribution in [0.5, 0.6) is 0 Å². The summed E-state index contributed by atoms with van der Waals surface area (Å²) in [6, 6.07) is 9.03. The van der Waals surface area contributed by atoms with Gasteiger partial charge in [0, 0.05) is 17.7 Å². The fourth-order valence-corrected chi connectivity index (χ4v) is 2.11. The number of aromatic nitrogens is 1. The van der Waals surface area contributed by atoms with Crippen LogP contribution in [-0.4, -0.2) is 10.9 Å². The van der Waals surface area contributed by atoms with Crippen molar-refractivity contribution in [3.8, 4) is 0 Å². The van der Waals surface area contributed by atoms with E-state index in [9.17, 15) is 18.0 Å². The number of nitrogens with two attached hydrogens (primary N) is 1. The number of primary amides is 1. The Morgan fingerprint density at radius 2 is 1.86 bits per heavy atom. The van der Waals surface area contributed by atoms with Crippen LogP contribution >= 0.6 is 0 Å². The van der Waals surface area contributed by atoms with Crippen molar-refractivity contribution in [1.29, 1.82) is 0 Å². The Labute approximate surface area is 119 Å². The Hall–Kier alpha value is -2.37. The molecule has 2 N–H and O–H groups in total. The summed E-state index contributed by atoms with van der Waals surface area (Å²) in [5.41, 5.74) is 5.96. The smallest absolute Gasteiger partial charge is 0.366 e. The fraction of sp³-hybridized carbons (Fsp3) is 0.200. The minimum absolute atomic E-state index is 0.288. The van der Waals surface area contributed by atoms with Gasteiger partial charge >= 0.3 is 6.18 Å². The van der Waals surface area contributed by atoms with Crippen molar-refractivity contribution in [1.82, 2.24) is 4.98 Å². The van der Waals surface area contributed by atoms with Gasteiger partial charge in [0.15, 0.2) is 0 Å². The summed E-state index contributed by atoms with van der Waals surface area (Å²) in [4.78, 5) is 14.8. The van der Waals surface area contributed by atoms with Gasteiger partial charge in [-0.3, -0.25) is 9.78 Å². The van der Waals surface area contributed by atoms with Crippen molar-refractivity contribution in [3.05, 3.63) is 65.0 Å². The molecule has 21 heavy (non-hydrogen) atoms. The number of rotatable bonds is 3. The van der Waals surface area contributed by atoms with Gasteiger partial charge in [0.1, 0.15) is 5.69 Å². The van der Waals surface area contributed by atoms with E-state index in [-0.39, 0.29) is 5.92 Å². The van der Waals surface area contributed by atoms with Crippen LogP contribution in [0.4, 0.5) is 13.2 Å². The molecule has 110 valence electrons. The van der Waals surface area contributed by atoms with E-state index in [0.717, 1.165) is 6.07 Å². The van der Waals surface area contributed by atoms with Crippen LogP contribution in [0.1, 0.15) is 40.0 Å². The Bertz CT molecular complexity index is 651. The first-order chi connectivity index (χ1) is 9.80. The van der Waals surface area contributed by atoms with Crippen molar-refractivity contribution in [2.24, 2.45) is 5.73 Å². The maximum absolute atomic E-state index is 12.5. The lowest BCUT2D eigenvalue weighted by Gasteiger charge is -2.15. The van der Waals surface area contributed by atoms with Crippen LogP contribution in [0.2, 0.25) is 0 Å². The maximum atomic E-state index is 12.5. The van der Waals surface area contributed by atoms with Crippen LogP contribution in [-0.2, 0) is 6.18 Å². The number of hydrogen-bond acceptors (Lipinski definition) is 2. The van der Waals surface area contributed by atoms with Gasteiger partial charge in [0.05, 0.1) is 0 Å². The van der Waals surface area contributed by atoms with Crippen LogP contribution in [0, 0.1) is 0 Å². The van der Waals surface area contributed by atoms with Gasteiger partial charge in [-0.25, -0.2) is 0 Å². The lowest BCUT2D eigenvalue weighted by Crippen LogP contribution is -2.15. The zero-order chi connectivity index (χ0) is 15.6.